The minimum atomic E-state index is -2.61. The van der Waals surface area contributed by atoms with Crippen molar-refractivity contribution in [1.82, 2.24) is 30.5 Å². The summed E-state index contributed by atoms with van der Waals surface area (Å²) in [6.45, 7) is 4.64. The lowest BCUT2D eigenvalue weighted by atomic mass is 10.1. The molecule has 1 saturated heterocycles. The van der Waals surface area contributed by atoms with Crippen molar-refractivity contribution in [2.45, 2.75) is 19.4 Å². The maximum Gasteiger partial charge on any atom is 0.245 e. The number of methoxy groups -OCH3 is 1. The van der Waals surface area contributed by atoms with Gasteiger partial charge in [-0.25, -0.2) is 15.0 Å². The molecule has 1 aromatic carbocycles. The van der Waals surface area contributed by atoms with Crippen LogP contribution in [0, 0.1) is 0 Å². The van der Waals surface area contributed by atoms with Crippen LogP contribution >= 0.6 is 24.8 Å². The lowest BCUT2D eigenvalue weighted by molar-refractivity contribution is 0.397. The molecule has 166 valence electrons. The quantitative estimate of drug-likeness (QED) is 0.583. The van der Waals surface area contributed by atoms with Crippen molar-refractivity contribution in [3.05, 3.63) is 36.8 Å². The highest BCUT2D eigenvalue weighted by Gasteiger charge is 2.20. The molecule has 1 atom stereocenters. The minimum Gasteiger partial charge on any atom is -0.507 e. The van der Waals surface area contributed by atoms with Crippen molar-refractivity contribution in [3.63, 3.8) is 0 Å². The van der Waals surface area contributed by atoms with E-state index in [1.54, 1.807) is 18.3 Å². The van der Waals surface area contributed by atoms with E-state index in [-0.39, 0.29) is 36.4 Å². The molecule has 0 spiro atoms. The van der Waals surface area contributed by atoms with Gasteiger partial charge in [-0.15, -0.1) is 35.0 Å². The fourth-order valence-corrected chi connectivity index (χ4v) is 3.28. The molecule has 1 fully saturated rings. The molecule has 0 radical (unpaired) electrons. The standard InChI is InChI=1S/C20H23N7O2.2ClH/c1-3-14-11-27(7-6-21-14)20-22-10-17(25-26-20)15-5-4-13(8-18(15)28)16-9-19(29-2)24-12-23-16;;/h4-5,8-10,12,14,21,28H,3,6-7,11H2,1-2H3;2*1H/t14-;;/m0../s1/i2D3;;. The first kappa shape index (κ1) is 20.2. The van der Waals surface area contributed by atoms with Gasteiger partial charge < -0.3 is 20.1 Å². The Morgan fingerprint density at radius 3 is 2.77 bits per heavy atom. The number of hydrogen-bond donors (Lipinski definition) is 2. The Balaban J connectivity index is 0.00000204. The van der Waals surface area contributed by atoms with Gasteiger partial charge in [0.2, 0.25) is 11.8 Å². The molecule has 1 aliphatic heterocycles. The zero-order chi connectivity index (χ0) is 22.7. The molecular weight excluding hydrogens is 441 g/mol. The van der Waals surface area contributed by atoms with E-state index >= 15 is 0 Å². The number of nitrogens with zero attached hydrogens (tertiary/aromatic N) is 6. The number of aromatic nitrogens is 5. The average molecular weight is 469 g/mol. The third kappa shape index (κ3) is 5.49. The van der Waals surface area contributed by atoms with E-state index in [2.05, 4.69) is 42.3 Å². The SMILES string of the molecule is Cl.Cl.[2H]C([2H])([2H])Oc1cc(-c2ccc(-c3cnc(N4CCN[C@@H](CC)C4)nn3)c(O)c2)ncn1. The number of aromatic hydroxyl groups is 1. The van der Waals surface area contributed by atoms with Gasteiger partial charge in [-0.3, -0.25) is 0 Å². The smallest absolute Gasteiger partial charge is 0.245 e. The Hall–Kier alpha value is -2.75. The third-order valence-corrected chi connectivity index (χ3v) is 4.90. The van der Waals surface area contributed by atoms with Crippen molar-refractivity contribution in [2.24, 2.45) is 0 Å². The molecule has 0 bridgehead atoms. The van der Waals surface area contributed by atoms with Crippen LogP contribution in [0.4, 0.5) is 5.95 Å². The van der Waals surface area contributed by atoms with Gasteiger partial charge in [0.1, 0.15) is 17.8 Å². The van der Waals surface area contributed by atoms with E-state index in [0.717, 1.165) is 26.1 Å². The molecule has 11 heteroatoms. The summed E-state index contributed by atoms with van der Waals surface area (Å²) >= 11 is 0. The summed E-state index contributed by atoms with van der Waals surface area (Å²) < 4.78 is 26.4. The molecule has 0 amide bonds. The van der Waals surface area contributed by atoms with Crippen molar-refractivity contribution < 1.29 is 14.0 Å². The highest BCUT2D eigenvalue weighted by molar-refractivity contribution is 5.85. The van der Waals surface area contributed by atoms with Crippen LogP contribution in [0.5, 0.6) is 11.6 Å². The van der Waals surface area contributed by atoms with Crippen molar-refractivity contribution in [2.75, 3.05) is 31.6 Å². The number of nitrogens with one attached hydrogen (secondary N) is 1. The van der Waals surface area contributed by atoms with Gasteiger partial charge >= 0.3 is 0 Å². The fourth-order valence-electron chi connectivity index (χ4n) is 3.28. The van der Waals surface area contributed by atoms with Crippen molar-refractivity contribution in [1.29, 1.82) is 0 Å². The fraction of sp³-hybridized carbons (Fsp3) is 0.350. The number of phenols is 1. The normalized spacial score (nSPS) is 17.4. The average Bonchev–Trinajstić information content (AvgIpc) is 2.78. The van der Waals surface area contributed by atoms with Gasteiger partial charge in [-0.1, -0.05) is 13.0 Å². The van der Waals surface area contributed by atoms with Gasteiger partial charge in [-0.05, 0) is 18.6 Å². The summed E-state index contributed by atoms with van der Waals surface area (Å²) in [7, 11) is -2.61. The molecule has 3 heterocycles. The van der Waals surface area contributed by atoms with E-state index in [0.29, 0.717) is 34.5 Å². The summed E-state index contributed by atoms with van der Waals surface area (Å²) in [6.07, 6.45) is 3.82. The maximum atomic E-state index is 10.6. The first-order chi connectivity index (χ1) is 15.3. The predicted octanol–water partition coefficient (Wildman–Crippen LogP) is 2.74. The molecule has 3 aromatic rings. The van der Waals surface area contributed by atoms with Crippen LogP contribution < -0.4 is 15.0 Å². The summed E-state index contributed by atoms with van der Waals surface area (Å²) in [5, 5.41) is 22.5. The molecular formula is C20H25Cl2N7O2. The van der Waals surface area contributed by atoms with Gasteiger partial charge in [0.15, 0.2) is 0 Å². The van der Waals surface area contributed by atoms with E-state index < -0.39 is 7.04 Å². The van der Waals surface area contributed by atoms with Crippen LogP contribution in [0.3, 0.4) is 0 Å². The van der Waals surface area contributed by atoms with E-state index in [1.807, 2.05) is 0 Å². The Labute approximate surface area is 197 Å². The lowest BCUT2D eigenvalue weighted by Crippen LogP contribution is -2.51. The third-order valence-electron chi connectivity index (χ3n) is 4.90. The van der Waals surface area contributed by atoms with Crippen LogP contribution in [0.25, 0.3) is 22.5 Å². The minimum absolute atomic E-state index is 0. The number of halogens is 2. The number of anilines is 1. The second-order valence-electron chi connectivity index (χ2n) is 6.72. The number of hydrogen-bond acceptors (Lipinski definition) is 9. The van der Waals surface area contributed by atoms with E-state index in [4.69, 9.17) is 8.85 Å². The van der Waals surface area contributed by atoms with Crippen molar-refractivity contribution in [3.8, 4) is 34.1 Å². The van der Waals surface area contributed by atoms with Gasteiger partial charge in [0.05, 0.1) is 23.0 Å². The van der Waals surface area contributed by atoms with Crippen LogP contribution in [0.1, 0.15) is 17.5 Å². The molecule has 4 rings (SSSR count). The lowest BCUT2D eigenvalue weighted by Gasteiger charge is -2.32. The second kappa shape index (κ2) is 11.0. The zero-order valence-corrected chi connectivity index (χ0v) is 18.4. The topological polar surface area (TPSA) is 109 Å². The van der Waals surface area contributed by atoms with Gasteiger partial charge in [0.25, 0.3) is 0 Å². The highest BCUT2D eigenvalue weighted by atomic mass is 35.5. The van der Waals surface area contributed by atoms with Crippen LogP contribution in [0.2, 0.25) is 0 Å². The number of piperazine rings is 1. The number of rotatable bonds is 5. The Morgan fingerprint density at radius 1 is 1.19 bits per heavy atom. The van der Waals surface area contributed by atoms with Crippen molar-refractivity contribution >= 4 is 30.8 Å². The monoisotopic (exact) mass is 468 g/mol. The second-order valence-corrected chi connectivity index (χ2v) is 6.72. The van der Waals surface area contributed by atoms with Crippen LogP contribution in [0.15, 0.2) is 36.8 Å². The molecule has 31 heavy (non-hydrogen) atoms. The maximum absolute atomic E-state index is 10.6. The Bertz CT molecular complexity index is 1090. The predicted molar refractivity (Wildman–Crippen MR) is 123 cm³/mol. The summed E-state index contributed by atoms with van der Waals surface area (Å²) in [6, 6.07) is 6.72. The Kier molecular flexibility index (Phi) is 7.18. The largest absolute Gasteiger partial charge is 0.507 e. The highest BCUT2D eigenvalue weighted by Crippen LogP contribution is 2.32. The van der Waals surface area contributed by atoms with Gasteiger partial charge in [-0.2, -0.15) is 0 Å². The molecule has 1 aliphatic rings. The Morgan fingerprint density at radius 2 is 2.06 bits per heavy atom. The van der Waals surface area contributed by atoms with Crippen LogP contribution in [-0.4, -0.2) is 63.0 Å². The van der Waals surface area contributed by atoms with E-state index in [9.17, 15) is 5.11 Å². The molecule has 0 aliphatic carbocycles. The summed E-state index contributed by atoms with van der Waals surface area (Å²) in [5.74, 6) is 0.450. The molecule has 0 saturated carbocycles. The zero-order valence-electron chi connectivity index (χ0n) is 19.7. The number of benzene rings is 1. The summed E-state index contributed by atoms with van der Waals surface area (Å²) in [4.78, 5) is 14.5. The van der Waals surface area contributed by atoms with Crippen LogP contribution in [-0.2, 0) is 0 Å². The molecule has 0 unspecified atom stereocenters. The number of ether oxygens (including phenoxy) is 1. The molecule has 2 aromatic heterocycles. The first-order valence-electron chi connectivity index (χ1n) is 10.9. The number of phenolic OH excluding ortho intramolecular Hbond substituents is 1. The van der Waals surface area contributed by atoms with Gasteiger partial charge in [0, 0.05) is 42.9 Å². The summed E-state index contributed by atoms with van der Waals surface area (Å²) in [5.41, 5.74) is 1.88. The first-order valence-corrected chi connectivity index (χ1v) is 9.35. The molecule has 9 nitrogen and oxygen atoms in total. The van der Waals surface area contributed by atoms with E-state index in [1.165, 1.54) is 18.5 Å². The molecule has 2 N–H and O–H groups in total.